The molecule has 8 heteroatoms. The monoisotopic (exact) mass is 759 g/mol. The van der Waals surface area contributed by atoms with E-state index < -0.39 is 18.1 Å². The molecular formula is C46H80NO7+. The van der Waals surface area contributed by atoms with Crippen molar-refractivity contribution in [3.63, 3.8) is 0 Å². The molecule has 0 heterocycles. The Morgan fingerprint density at radius 3 is 1.50 bits per heavy atom. The number of esters is 2. The maximum atomic E-state index is 12.7. The Morgan fingerprint density at radius 2 is 1.04 bits per heavy atom. The molecule has 8 nitrogen and oxygen atoms in total. The molecule has 0 saturated carbocycles. The average molecular weight is 759 g/mol. The Kier molecular flexibility index (Phi) is 34.9. The smallest absolute Gasteiger partial charge is 0.362 e. The first-order valence-corrected chi connectivity index (χ1v) is 21.3. The molecule has 310 valence electrons. The number of aliphatic carboxylic acids is 1. The molecule has 0 aromatic carbocycles. The minimum absolute atomic E-state index is 0.0377. The van der Waals surface area contributed by atoms with Crippen LogP contribution in [0, 0.1) is 0 Å². The predicted molar refractivity (Wildman–Crippen MR) is 224 cm³/mol. The number of allylic oxidation sites excluding steroid dienone is 10. The van der Waals surface area contributed by atoms with Gasteiger partial charge in [0.2, 0.25) is 0 Å². The summed E-state index contributed by atoms with van der Waals surface area (Å²) in [6.45, 7) is 4.54. The van der Waals surface area contributed by atoms with Gasteiger partial charge in [0, 0.05) is 19.3 Å². The highest BCUT2D eigenvalue weighted by molar-refractivity contribution is 5.72. The van der Waals surface area contributed by atoms with Crippen LogP contribution in [0.25, 0.3) is 0 Å². The molecule has 0 aliphatic carbocycles. The Bertz CT molecular complexity index is 1070. The Labute approximate surface area is 330 Å². The van der Waals surface area contributed by atoms with Gasteiger partial charge in [-0.05, 0) is 44.9 Å². The van der Waals surface area contributed by atoms with Gasteiger partial charge in [-0.1, -0.05) is 158 Å². The normalized spacial score (nSPS) is 13.6. The van der Waals surface area contributed by atoms with Crippen molar-refractivity contribution < 1.29 is 38.2 Å². The van der Waals surface area contributed by atoms with Crippen LogP contribution < -0.4 is 0 Å². The predicted octanol–water partition coefficient (Wildman–Crippen LogP) is 11.4. The summed E-state index contributed by atoms with van der Waals surface area (Å²) in [4.78, 5) is 36.9. The van der Waals surface area contributed by atoms with Gasteiger partial charge in [0.15, 0.2) is 12.1 Å². The lowest BCUT2D eigenvalue weighted by molar-refractivity contribution is -0.887. The van der Waals surface area contributed by atoms with Gasteiger partial charge in [-0.3, -0.25) is 9.59 Å². The summed E-state index contributed by atoms with van der Waals surface area (Å²) >= 11 is 0. The van der Waals surface area contributed by atoms with Gasteiger partial charge in [-0.25, -0.2) is 4.79 Å². The number of carboxylic acid groups (broad SMARTS) is 1. The fraction of sp³-hybridized carbons (Fsp3) is 0.717. The van der Waals surface area contributed by atoms with Crippen molar-refractivity contribution >= 4 is 17.9 Å². The molecule has 0 aromatic heterocycles. The zero-order chi connectivity index (χ0) is 40.0. The molecule has 0 aliphatic heterocycles. The van der Waals surface area contributed by atoms with Crippen molar-refractivity contribution in [2.24, 2.45) is 0 Å². The topological polar surface area (TPSA) is 99.1 Å². The number of nitrogens with zero attached hydrogens (tertiary/aromatic N) is 1. The fourth-order valence-corrected chi connectivity index (χ4v) is 5.90. The molecule has 0 aliphatic rings. The van der Waals surface area contributed by atoms with Crippen LogP contribution in [-0.2, 0) is 28.6 Å². The molecule has 0 amide bonds. The highest BCUT2D eigenvalue weighted by Gasteiger charge is 2.31. The van der Waals surface area contributed by atoms with Gasteiger partial charge in [-0.15, -0.1) is 0 Å². The lowest BCUT2D eigenvalue weighted by atomic mass is 10.0. The standard InChI is InChI=1S/C46H79NO7/c1-6-8-10-12-14-16-18-20-22-23-25-26-28-30-32-34-36-44(48)53-41-42(40-52-39-38-43(46(50)51)47(3,4)5)54-45(49)37-35-33-31-29-27-24-21-19-17-15-13-11-9-7-2/h8,10,14,16,20,22,25-26,30,32,42-43H,6-7,9,11-13,15,17-19,21,23-24,27-29,31,33-41H2,1-5H3/p+1/b10-8+,16-14+,22-20+,26-25+,32-30+. The molecule has 0 rings (SSSR count). The van der Waals surface area contributed by atoms with E-state index in [2.05, 4.69) is 62.5 Å². The van der Waals surface area contributed by atoms with Crippen molar-refractivity contribution in [1.82, 2.24) is 0 Å². The van der Waals surface area contributed by atoms with E-state index in [0.29, 0.717) is 19.3 Å². The van der Waals surface area contributed by atoms with Crippen LogP contribution in [0.5, 0.6) is 0 Å². The number of carbonyl (C=O) groups is 3. The van der Waals surface area contributed by atoms with Crippen molar-refractivity contribution in [3.05, 3.63) is 60.8 Å². The summed E-state index contributed by atoms with van der Waals surface area (Å²) in [6, 6.07) is -0.625. The average Bonchev–Trinajstić information content (AvgIpc) is 3.12. The van der Waals surface area contributed by atoms with Crippen molar-refractivity contribution in [1.29, 1.82) is 0 Å². The van der Waals surface area contributed by atoms with E-state index in [0.717, 1.165) is 51.4 Å². The van der Waals surface area contributed by atoms with E-state index >= 15 is 0 Å². The van der Waals surface area contributed by atoms with Gasteiger partial charge in [0.25, 0.3) is 0 Å². The van der Waals surface area contributed by atoms with Crippen molar-refractivity contribution in [3.8, 4) is 0 Å². The van der Waals surface area contributed by atoms with E-state index in [1.165, 1.54) is 70.6 Å². The number of carbonyl (C=O) groups excluding carboxylic acids is 2. The van der Waals surface area contributed by atoms with Gasteiger partial charge in [0.1, 0.15) is 6.61 Å². The summed E-state index contributed by atoms with van der Waals surface area (Å²) in [5.74, 6) is -1.57. The largest absolute Gasteiger partial charge is 0.477 e. The van der Waals surface area contributed by atoms with Crippen LogP contribution >= 0.6 is 0 Å². The second kappa shape index (κ2) is 37.0. The van der Waals surface area contributed by atoms with Crippen molar-refractivity contribution in [2.45, 2.75) is 174 Å². The number of hydrogen-bond acceptors (Lipinski definition) is 6. The number of quaternary nitrogens is 1. The summed E-state index contributed by atoms with van der Waals surface area (Å²) in [7, 11) is 5.50. The highest BCUT2D eigenvalue weighted by Crippen LogP contribution is 2.14. The summed E-state index contributed by atoms with van der Waals surface area (Å²) in [5, 5.41) is 9.60. The molecule has 0 aromatic rings. The zero-order valence-electron chi connectivity index (χ0n) is 35.2. The number of unbranched alkanes of at least 4 members (excludes halogenated alkanes) is 13. The highest BCUT2D eigenvalue weighted by atomic mass is 16.6. The van der Waals surface area contributed by atoms with Crippen LogP contribution in [0.3, 0.4) is 0 Å². The molecule has 2 unspecified atom stereocenters. The van der Waals surface area contributed by atoms with E-state index in [-0.39, 0.29) is 42.7 Å². The van der Waals surface area contributed by atoms with E-state index in [1.807, 2.05) is 33.3 Å². The van der Waals surface area contributed by atoms with Crippen LogP contribution in [0.2, 0.25) is 0 Å². The summed E-state index contributed by atoms with van der Waals surface area (Å²) < 4.78 is 17.2. The molecule has 2 atom stereocenters. The number of likely N-dealkylation sites (N-methyl/N-ethyl adjacent to an activating group) is 1. The molecule has 54 heavy (non-hydrogen) atoms. The van der Waals surface area contributed by atoms with E-state index in [1.54, 1.807) is 0 Å². The fourth-order valence-electron chi connectivity index (χ4n) is 5.90. The Hall–Kier alpha value is -2.97. The van der Waals surface area contributed by atoms with Gasteiger partial charge < -0.3 is 23.8 Å². The maximum Gasteiger partial charge on any atom is 0.362 e. The summed E-state index contributed by atoms with van der Waals surface area (Å²) in [5.41, 5.74) is 0. The second-order valence-electron chi connectivity index (χ2n) is 15.2. The number of hydrogen-bond donors (Lipinski definition) is 1. The quantitative estimate of drug-likeness (QED) is 0.0291. The van der Waals surface area contributed by atoms with Gasteiger partial charge >= 0.3 is 17.9 Å². The third-order valence-corrected chi connectivity index (χ3v) is 9.20. The van der Waals surface area contributed by atoms with Crippen LogP contribution in [0.15, 0.2) is 60.8 Å². The first-order valence-electron chi connectivity index (χ1n) is 21.3. The van der Waals surface area contributed by atoms with E-state index in [9.17, 15) is 19.5 Å². The molecular weight excluding hydrogens is 679 g/mol. The Balaban J connectivity index is 4.48. The molecule has 1 N–H and O–H groups in total. The molecule has 0 radical (unpaired) electrons. The molecule has 0 fully saturated rings. The zero-order valence-corrected chi connectivity index (χ0v) is 35.2. The SMILES string of the molecule is CC/C=C/C/C=C/C/C=C/C/C=C/C/C=C/CCC(=O)OCC(COCCC(C(=O)O)[N+](C)(C)C)OC(=O)CCCCCCCCCCCCCCCC. The first kappa shape index (κ1) is 51.0. The van der Waals surface area contributed by atoms with Gasteiger partial charge in [0.05, 0.1) is 34.4 Å². The molecule has 0 spiro atoms. The first-order chi connectivity index (χ1) is 26.1. The number of rotatable bonds is 37. The van der Waals surface area contributed by atoms with Crippen LogP contribution in [-0.4, -0.2) is 80.6 Å². The van der Waals surface area contributed by atoms with Gasteiger partial charge in [-0.2, -0.15) is 0 Å². The third-order valence-electron chi connectivity index (χ3n) is 9.20. The Morgan fingerprint density at radius 1 is 0.574 bits per heavy atom. The minimum Gasteiger partial charge on any atom is -0.477 e. The number of carboxylic acids is 1. The third kappa shape index (κ3) is 34.8. The van der Waals surface area contributed by atoms with Crippen molar-refractivity contribution in [2.75, 3.05) is 41.0 Å². The lowest BCUT2D eigenvalue weighted by Crippen LogP contribution is -2.50. The minimum atomic E-state index is -0.885. The summed E-state index contributed by atoms with van der Waals surface area (Å²) in [6.07, 6.45) is 44.2. The maximum absolute atomic E-state index is 12.7. The second-order valence-corrected chi connectivity index (χ2v) is 15.2. The van der Waals surface area contributed by atoms with Crippen LogP contribution in [0.4, 0.5) is 0 Å². The number of ether oxygens (including phenoxy) is 3. The van der Waals surface area contributed by atoms with E-state index in [4.69, 9.17) is 14.2 Å². The lowest BCUT2D eigenvalue weighted by Gasteiger charge is -2.31. The molecule has 0 saturated heterocycles. The molecule has 0 bridgehead atoms. The van der Waals surface area contributed by atoms with Crippen LogP contribution in [0.1, 0.15) is 162 Å².